The SMILES string of the molecule is CCO[C@H]1C[C@H](C)N(C(C)C)C1. The molecule has 0 radical (unpaired) electrons. The molecule has 2 atom stereocenters. The summed E-state index contributed by atoms with van der Waals surface area (Å²) in [6, 6.07) is 1.35. The maximum Gasteiger partial charge on any atom is 0.0716 e. The van der Waals surface area contributed by atoms with Gasteiger partial charge in [-0.25, -0.2) is 0 Å². The maximum absolute atomic E-state index is 5.61. The van der Waals surface area contributed by atoms with E-state index in [4.69, 9.17) is 4.74 Å². The molecule has 2 heteroatoms. The van der Waals surface area contributed by atoms with Crippen LogP contribution >= 0.6 is 0 Å². The third-order valence-electron chi connectivity index (χ3n) is 2.65. The minimum absolute atomic E-state index is 0.479. The lowest BCUT2D eigenvalue weighted by Gasteiger charge is -2.24. The van der Waals surface area contributed by atoms with Crippen molar-refractivity contribution < 1.29 is 4.74 Å². The van der Waals surface area contributed by atoms with Gasteiger partial charge in [-0.2, -0.15) is 0 Å². The van der Waals surface area contributed by atoms with E-state index in [1.807, 2.05) is 0 Å². The zero-order valence-corrected chi connectivity index (χ0v) is 8.71. The molecule has 0 spiro atoms. The standard InChI is InChI=1S/C10H21NO/c1-5-12-10-6-9(4)11(7-10)8(2)3/h8-10H,5-7H2,1-4H3/t9-,10-/m0/s1. The van der Waals surface area contributed by atoms with Crippen molar-refractivity contribution in [3.8, 4) is 0 Å². The zero-order chi connectivity index (χ0) is 9.14. The number of nitrogens with zero attached hydrogens (tertiary/aromatic N) is 1. The molecule has 12 heavy (non-hydrogen) atoms. The second kappa shape index (κ2) is 4.24. The molecule has 1 aliphatic heterocycles. The van der Waals surface area contributed by atoms with E-state index in [-0.39, 0.29) is 0 Å². The van der Waals surface area contributed by atoms with Crippen LogP contribution < -0.4 is 0 Å². The van der Waals surface area contributed by atoms with Crippen LogP contribution in [0, 0.1) is 0 Å². The van der Waals surface area contributed by atoms with Crippen molar-refractivity contribution in [2.45, 2.75) is 52.3 Å². The Kier molecular flexibility index (Phi) is 3.53. The lowest BCUT2D eigenvalue weighted by Crippen LogP contribution is -2.34. The molecular weight excluding hydrogens is 150 g/mol. The summed E-state index contributed by atoms with van der Waals surface area (Å²) in [7, 11) is 0. The van der Waals surface area contributed by atoms with Crippen molar-refractivity contribution in [1.82, 2.24) is 4.90 Å². The van der Waals surface area contributed by atoms with Gasteiger partial charge in [0.25, 0.3) is 0 Å². The molecule has 0 amide bonds. The molecule has 72 valence electrons. The second-order valence-electron chi connectivity index (χ2n) is 3.95. The largest absolute Gasteiger partial charge is 0.377 e. The van der Waals surface area contributed by atoms with Gasteiger partial charge in [0.15, 0.2) is 0 Å². The minimum atomic E-state index is 0.479. The number of likely N-dealkylation sites (tertiary alicyclic amines) is 1. The molecule has 0 aromatic heterocycles. The second-order valence-corrected chi connectivity index (χ2v) is 3.95. The summed E-state index contributed by atoms with van der Waals surface area (Å²) in [5.41, 5.74) is 0. The fraction of sp³-hybridized carbons (Fsp3) is 1.00. The molecule has 0 saturated carbocycles. The number of rotatable bonds is 3. The highest BCUT2D eigenvalue weighted by Crippen LogP contribution is 2.21. The van der Waals surface area contributed by atoms with Gasteiger partial charge in [0.05, 0.1) is 6.10 Å². The van der Waals surface area contributed by atoms with Crippen molar-refractivity contribution in [2.75, 3.05) is 13.2 Å². The van der Waals surface area contributed by atoms with Crippen molar-refractivity contribution in [3.05, 3.63) is 0 Å². The molecule has 0 aromatic carbocycles. The fourth-order valence-electron chi connectivity index (χ4n) is 2.08. The van der Waals surface area contributed by atoms with Crippen LogP contribution in [-0.2, 0) is 4.74 Å². The highest BCUT2D eigenvalue weighted by atomic mass is 16.5. The summed E-state index contributed by atoms with van der Waals surface area (Å²) in [6.45, 7) is 10.8. The quantitative estimate of drug-likeness (QED) is 0.643. The topological polar surface area (TPSA) is 12.5 Å². The first-order valence-corrected chi connectivity index (χ1v) is 5.02. The van der Waals surface area contributed by atoms with Gasteiger partial charge in [0.1, 0.15) is 0 Å². The Hall–Kier alpha value is -0.0800. The Morgan fingerprint density at radius 2 is 2.17 bits per heavy atom. The Bertz CT molecular complexity index is 136. The molecule has 1 fully saturated rings. The van der Waals surface area contributed by atoms with Crippen LogP contribution in [0.2, 0.25) is 0 Å². The van der Waals surface area contributed by atoms with E-state index in [0.29, 0.717) is 18.2 Å². The third kappa shape index (κ3) is 2.20. The summed E-state index contributed by atoms with van der Waals surface area (Å²) >= 11 is 0. The van der Waals surface area contributed by atoms with Gasteiger partial charge >= 0.3 is 0 Å². The van der Waals surface area contributed by atoms with Crippen molar-refractivity contribution in [2.24, 2.45) is 0 Å². The van der Waals surface area contributed by atoms with E-state index in [2.05, 4.69) is 32.6 Å². The summed E-state index contributed by atoms with van der Waals surface area (Å²) in [4.78, 5) is 2.51. The molecule has 0 aliphatic carbocycles. The lowest BCUT2D eigenvalue weighted by molar-refractivity contribution is 0.0660. The van der Waals surface area contributed by atoms with Crippen LogP contribution in [0.4, 0.5) is 0 Å². The lowest BCUT2D eigenvalue weighted by atomic mass is 10.2. The number of ether oxygens (including phenoxy) is 1. The molecule has 0 bridgehead atoms. The van der Waals surface area contributed by atoms with Crippen molar-refractivity contribution >= 4 is 0 Å². The Morgan fingerprint density at radius 1 is 1.50 bits per heavy atom. The zero-order valence-electron chi connectivity index (χ0n) is 8.71. The smallest absolute Gasteiger partial charge is 0.0716 e. The van der Waals surface area contributed by atoms with Gasteiger partial charge in [-0.3, -0.25) is 4.90 Å². The van der Waals surface area contributed by atoms with Crippen LogP contribution in [0.25, 0.3) is 0 Å². The summed E-state index contributed by atoms with van der Waals surface area (Å²) in [5, 5.41) is 0. The number of hydrogen-bond acceptors (Lipinski definition) is 2. The number of hydrogen-bond donors (Lipinski definition) is 0. The summed E-state index contributed by atoms with van der Waals surface area (Å²) < 4.78 is 5.61. The summed E-state index contributed by atoms with van der Waals surface area (Å²) in [6.07, 6.45) is 1.68. The van der Waals surface area contributed by atoms with E-state index >= 15 is 0 Å². The van der Waals surface area contributed by atoms with Gasteiger partial charge in [-0.1, -0.05) is 0 Å². The van der Waals surface area contributed by atoms with E-state index < -0.39 is 0 Å². The van der Waals surface area contributed by atoms with E-state index in [9.17, 15) is 0 Å². The van der Waals surface area contributed by atoms with Crippen LogP contribution in [0.15, 0.2) is 0 Å². The summed E-state index contributed by atoms with van der Waals surface area (Å²) in [5.74, 6) is 0. The minimum Gasteiger partial charge on any atom is -0.377 e. The van der Waals surface area contributed by atoms with Crippen molar-refractivity contribution in [3.63, 3.8) is 0 Å². The highest BCUT2D eigenvalue weighted by molar-refractivity contribution is 4.84. The first-order valence-electron chi connectivity index (χ1n) is 5.02. The maximum atomic E-state index is 5.61. The molecule has 2 nitrogen and oxygen atoms in total. The van der Waals surface area contributed by atoms with Gasteiger partial charge in [0.2, 0.25) is 0 Å². The van der Waals surface area contributed by atoms with Crippen LogP contribution in [0.1, 0.15) is 34.1 Å². The highest BCUT2D eigenvalue weighted by Gasteiger charge is 2.30. The van der Waals surface area contributed by atoms with Gasteiger partial charge in [0, 0.05) is 25.2 Å². The molecule has 1 aliphatic rings. The normalized spacial score (nSPS) is 31.8. The molecule has 0 aromatic rings. The molecular formula is C10H21NO. The average Bonchev–Trinajstić information content (AvgIpc) is 2.32. The van der Waals surface area contributed by atoms with E-state index in [1.54, 1.807) is 0 Å². The van der Waals surface area contributed by atoms with Crippen LogP contribution in [0.3, 0.4) is 0 Å². The van der Waals surface area contributed by atoms with Crippen molar-refractivity contribution in [1.29, 1.82) is 0 Å². The molecule has 0 unspecified atom stereocenters. The Morgan fingerprint density at radius 3 is 2.58 bits per heavy atom. The van der Waals surface area contributed by atoms with E-state index in [1.165, 1.54) is 6.42 Å². The van der Waals surface area contributed by atoms with Crippen LogP contribution in [0.5, 0.6) is 0 Å². The Labute approximate surface area is 75.9 Å². The van der Waals surface area contributed by atoms with Gasteiger partial charge in [-0.05, 0) is 34.1 Å². The molecule has 1 rings (SSSR count). The molecule has 0 N–H and O–H groups in total. The van der Waals surface area contributed by atoms with Gasteiger partial charge < -0.3 is 4.74 Å². The monoisotopic (exact) mass is 171 g/mol. The molecule has 1 saturated heterocycles. The first-order chi connectivity index (χ1) is 5.65. The first kappa shape index (κ1) is 10.0. The fourth-order valence-corrected chi connectivity index (χ4v) is 2.08. The predicted octanol–water partition coefficient (Wildman–Crippen LogP) is 1.89. The predicted molar refractivity (Wildman–Crippen MR) is 51.3 cm³/mol. The van der Waals surface area contributed by atoms with Crippen LogP contribution in [-0.4, -0.2) is 36.2 Å². The average molecular weight is 171 g/mol. The Balaban J connectivity index is 2.39. The van der Waals surface area contributed by atoms with E-state index in [0.717, 1.165) is 13.2 Å². The third-order valence-corrected chi connectivity index (χ3v) is 2.65. The van der Waals surface area contributed by atoms with Gasteiger partial charge in [-0.15, -0.1) is 0 Å². The molecule has 1 heterocycles.